The van der Waals surface area contributed by atoms with Crippen LogP contribution in [0.3, 0.4) is 0 Å². The first-order valence-corrected chi connectivity index (χ1v) is 22.7. The van der Waals surface area contributed by atoms with E-state index in [9.17, 15) is 0 Å². The second-order valence-electron chi connectivity index (χ2n) is 12.5. The van der Waals surface area contributed by atoms with Gasteiger partial charge in [0.2, 0.25) is 0 Å². The van der Waals surface area contributed by atoms with Gasteiger partial charge in [-0.15, -0.1) is 18.2 Å². The van der Waals surface area contributed by atoms with Crippen LogP contribution in [-0.2, 0) is 26.5 Å². The van der Waals surface area contributed by atoms with Crippen molar-refractivity contribution in [1.29, 1.82) is 0 Å². The quantitative estimate of drug-likeness (QED) is 0.124. The molecule has 0 atom stereocenters. The molecule has 0 N–H and O–H groups in total. The van der Waals surface area contributed by atoms with Crippen LogP contribution in [-0.4, -0.2) is 23.2 Å². The molecule has 3 heterocycles. The van der Waals surface area contributed by atoms with Crippen LogP contribution in [0.15, 0.2) is 126 Å². The Labute approximate surface area is 291 Å². The van der Waals surface area contributed by atoms with E-state index in [-0.39, 0.29) is 26.0 Å². The van der Waals surface area contributed by atoms with Crippen molar-refractivity contribution in [3.8, 4) is 33.6 Å². The van der Waals surface area contributed by atoms with Crippen molar-refractivity contribution in [2.24, 2.45) is 5.92 Å². The Balaban J connectivity index is 0.000000224. The molecule has 1 radical (unpaired) electrons. The van der Waals surface area contributed by atoms with Crippen LogP contribution >= 0.6 is 0 Å². The van der Waals surface area contributed by atoms with E-state index in [4.69, 9.17) is 7.16 Å². The molecule has 0 aliphatic carbocycles. The summed E-state index contributed by atoms with van der Waals surface area (Å²) in [6.45, 7) is 3.77. The van der Waals surface area contributed by atoms with E-state index in [0.717, 1.165) is 49.9 Å². The zero-order chi connectivity index (χ0) is 33.2. The van der Waals surface area contributed by atoms with Crippen molar-refractivity contribution in [1.82, 2.24) is 9.97 Å². The summed E-state index contributed by atoms with van der Waals surface area (Å²) in [4.78, 5) is 9.04. The maximum atomic E-state index is 8.44. The summed E-state index contributed by atoms with van der Waals surface area (Å²) in [7, 11) is 0. The minimum absolute atomic E-state index is 0. The van der Waals surface area contributed by atoms with Gasteiger partial charge in [-0.3, -0.25) is 0 Å². The number of nitrogens with zero attached hydrogens (tertiary/aromatic N) is 2. The van der Waals surface area contributed by atoms with Gasteiger partial charge in [-0.05, 0) is 47.3 Å². The van der Waals surface area contributed by atoms with E-state index in [1.165, 1.54) is 4.40 Å². The van der Waals surface area contributed by atoms with Gasteiger partial charge in [0.25, 0.3) is 0 Å². The molecular weight excluding hydrogens is 801 g/mol. The summed E-state index contributed by atoms with van der Waals surface area (Å²) in [6.07, 6.45) is 2.26. The number of aromatic nitrogens is 2. The Morgan fingerprint density at radius 1 is 0.761 bits per heavy atom. The molecule has 7 rings (SSSR count). The average molecular weight is 842 g/mol. The van der Waals surface area contributed by atoms with Gasteiger partial charge < -0.3 is 9.40 Å². The van der Waals surface area contributed by atoms with Gasteiger partial charge in [-0.25, -0.2) is 0 Å². The summed E-state index contributed by atoms with van der Waals surface area (Å²) in [5, 5.41) is 2.04. The minimum Gasteiger partial charge on any atom is 0 e. The van der Waals surface area contributed by atoms with Crippen molar-refractivity contribution in [3.63, 3.8) is 0 Å². The normalized spacial score (nSPS) is 12.2. The van der Waals surface area contributed by atoms with Gasteiger partial charge in [-0.1, -0.05) is 72.8 Å². The minimum atomic E-state index is -1.72. The number of pyridine rings is 2. The molecule has 0 fully saturated rings. The monoisotopic (exact) mass is 843 g/mol. The summed E-state index contributed by atoms with van der Waals surface area (Å²) in [5.41, 5.74) is 7.92. The van der Waals surface area contributed by atoms with E-state index in [1.54, 1.807) is 12.3 Å². The van der Waals surface area contributed by atoms with E-state index in [0.29, 0.717) is 11.3 Å². The Hall–Kier alpha value is -3.83. The molecule has 0 saturated carbocycles. The Kier molecular flexibility index (Phi) is 9.86. The zero-order valence-corrected chi connectivity index (χ0v) is 31.3. The molecule has 0 saturated heterocycles. The molecule has 46 heavy (non-hydrogen) atoms. The maximum Gasteiger partial charge on any atom is 0 e. The van der Waals surface area contributed by atoms with Gasteiger partial charge in [0.15, 0.2) is 0 Å². The Bertz CT molecular complexity index is 2120. The fraction of sp³-hybridized carbons (Fsp3) is 0.171. The van der Waals surface area contributed by atoms with Crippen LogP contribution in [0.2, 0.25) is 17.3 Å². The summed E-state index contributed by atoms with van der Waals surface area (Å²) < 4.78 is 24.6. The molecule has 0 amide bonds. The fourth-order valence-corrected chi connectivity index (χ4v) is 7.45. The van der Waals surface area contributed by atoms with Crippen LogP contribution in [0.1, 0.15) is 22.2 Å². The number of furan rings is 1. The van der Waals surface area contributed by atoms with Gasteiger partial charge in [0.1, 0.15) is 5.58 Å². The average Bonchev–Trinajstić information content (AvgIpc) is 3.47. The molecule has 0 bridgehead atoms. The molecule has 0 spiro atoms. The third-order valence-corrected chi connectivity index (χ3v) is 11.9. The Morgan fingerprint density at radius 3 is 2.26 bits per heavy atom. The van der Waals surface area contributed by atoms with Crippen molar-refractivity contribution in [2.45, 2.75) is 37.5 Å². The van der Waals surface area contributed by atoms with Crippen molar-refractivity contribution in [2.75, 3.05) is 0 Å². The second kappa shape index (κ2) is 14.7. The number of hydrogen-bond donors (Lipinski definition) is 0. The van der Waals surface area contributed by atoms with E-state index >= 15 is 0 Å². The van der Waals surface area contributed by atoms with Crippen LogP contribution < -0.4 is 4.40 Å². The molecule has 0 aliphatic heterocycles. The van der Waals surface area contributed by atoms with Gasteiger partial charge in [0, 0.05) is 34.4 Å². The summed E-state index contributed by atoms with van der Waals surface area (Å²) in [6, 6.07) is 42.7. The van der Waals surface area contributed by atoms with E-state index in [2.05, 4.69) is 75.8 Å². The van der Waals surface area contributed by atoms with E-state index in [1.807, 2.05) is 86.8 Å². The third kappa shape index (κ3) is 7.75. The van der Waals surface area contributed by atoms with Crippen LogP contribution in [0, 0.1) is 18.1 Å². The zero-order valence-electron chi connectivity index (χ0n) is 28.8. The predicted molar refractivity (Wildman–Crippen MR) is 191 cm³/mol. The molecule has 0 aliphatic rings. The molecule has 5 heteroatoms. The molecule has 3 aromatic heterocycles. The standard InChI is InChI=1S/C27H22NO.C14H16GeN.Ir/c1-18(2)15-19-13-14-28-25(16-19)23-10-6-9-22-24-17-21(20-7-4-3-5-8-20)11-12-26(24)29-27(22)23;1-15(2,3)13-9-10-14(16-11-13)12-7-5-4-6-8-12;/h3-9,11-14,16-18H,15H2,1-2H3;4-7,9-11H,1-3H3;/q2*-1;/i15D2;;. The number of benzene rings is 4. The maximum absolute atomic E-state index is 8.44. The smallest absolute Gasteiger partial charge is 0 e. The van der Waals surface area contributed by atoms with Gasteiger partial charge in [-0.2, -0.15) is 0 Å². The van der Waals surface area contributed by atoms with Crippen molar-refractivity contribution < 1.29 is 27.3 Å². The predicted octanol–water partition coefficient (Wildman–Crippen LogP) is 10.4. The molecule has 7 aromatic rings. The summed E-state index contributed by atoms with van der Waals surface area (Å²) in [5.74, 6) is 6.99. The molecule has 3 nitrogen and oxygen atoms in total. The van der Waals surface area contributed by atoms with Crippen LogP contribution in [0.5, 0.6) is 0 Å². The first-order valence-electron chi connectivity index (χ1n) is 16.4. The molecule has 0 unspecified atom stereocenters. The largest absolute Gasteiger partial charge is 0 e. The first kappa shape index (κ1) is 30.8. The van der Waals surface area contributed by atoms with Crippen LogP contribution in [0.4, 0.5) is 0 Å². The Morgan fingerprint density at radius 2 is 1.57 bits per heavy atom. The number of fused-ring (bicyclic) bond motifs is 3. The van der Waals surface area contributed by atoms with Crippen molar-refractivity contribution >= 4 is 39.6 Å². The SMILES string of the molecule is [2H]C([2H])(c1ccnc(-c2[c-]ccc3c2oc2ccc(-c4ccccc4)cc23)c1)C(C)C.[CH3][Ge]([CH3])([CH3])[c]1ccc(-c2[c-]cccc2)nc1.[Ir]. The number of rotatable bonds is 6. The fourth-order valence-electron chi connectivity index (χ4n) is 5.28. The van der Waals surface area contributed by atoms with Crippen molar-refractivity contribution in [3.05, 3.63) is 139 Å². The second-order valence-corrected chi connectivity index (χ2v) is 23.1. The van der Waals surface area contributed by atoms with Crippen LogP contribution in [0.25, 0.3) is 55.6 Å². The molecule has 233 valence electrons. The summed E-state index contributed by atoms with van der Waals surface area (Å²) >= 11 is -1.72. The van der Waals surface area contributed by atoms with Gasteiger partial charge >= 0.3 is 99.8 Å². The molecule has 4 aromatic carbocycles. The number of hydrogen-bond acceptors (Lipinski definition) is 3. The van der Waals surface area contributed by atoms with Gasteiger partial charge in [0.05, 0.1) is 5.58 Å². The first-order chi connectivity index (χ1) is 22.5. The van der Waals surface area contributed by atoms with E-state index < -0.39 is 19.6 Å². The topological polar surface area (TPSA) is 38.9 Å². The third-order valence-electron chi connectivity index (χ3n) is 7.62. The molecular formula is C41H38GeIrN2O-2.